The third-order valence-corrected chi connectivity index (χ3v) is 8.28. The van der Waals surface area contributed by atoms with Crippen LogP contribution in [0.3, 0.4) is 0 Å². The first-order valence-corrected chi connectivity index (χ1v) is 12.7. The van der Waals surface area contributed by atoms with Crippen LogP contribution in [0.2, 0.25) is 0 Å². The number of anilines is 1. The monoisotopic (exact) mass is 444 g/mol. The number of rotatable bonds is 5. The number of aromatic nitrogens is 2. The molecule has 3 heterocycles. The molecular weight excluding hydrogens is 416 g/mol. The van der Waals surface area contributed by atoms with Gasteiger partial charge in [-0.3, -0.25) is 9.48 Å². The maximum Gasteiger partial charge on any atom is 0.274 e. The Hall–Kier alpha value is -2.55. The number of amides is 1. The van der Waals surface area contributed by atoms with Crippen LogP contribution in [0.25, 0.3) is 0 Å². The van der Waals surface area contributed by atoms with E-state index in [1.165, 1.54) is 0 Å². The molecule has 2 aliphatic heterocycles. The van der Waals surface area contributed by atoms with Gasteiger partial charge in [-0.15, -0.1) is 0 Å². The second-order valence-corrected chi connectivity index (χ2v) is 10.9. The third kappa shape index (κ3) is 4.03. The summed E-state index contributed by atoms with van der Waals surface area (Å²) in [6.45, 7) is 2.67. The van der Waals surface area contributed by atoms with Gasteiger partial charge in [-0.2, -0.15) is 5.10 Å². The lowest BCUT2D eigenvalue weighted by Gasteiger charge is -2.36. The van der Waals surface area contributed by atoms with Crippen LogP contribution in [0.4, 0.5) is 5.69 Å². The molecule has 2 saturated heterocycles. The average molecular weight is 445 g/mol. The van der Waals surface area contributed by atoms with Gasteiger partial charge in [-0.1, -0.05) is 12.1 Å². The number of hydrogen-bond donors (Lipinski definition) is 0. The molecule has 2 aromatic rings. The predicted molar refractivity (Wildman–Crippen MR) is 118 cm³/mol. The van der Waals surface area contributed by atoms with E-state index >= 15 is 0 Å². The Bertz CT molecular complexity index is 1080. The van der Waals surface area contributed by atoms with Gasteiger partial charge in [0.15, 0.2) is 15.5 Å². The lowest BCUT2D eigenvalue weighted by Crippen LogP contribution is -2.49. The summed E-state index contributed by atoms with van der Waals surface area (Å²) in [6, 6.07) is 9.68. The van der Waals surface area contributed by atoms with Crippen molar-refractivity contribution in [2.45, 2.75) is 31.2 Å². The number of sulfone groups is 1. The number of methoxy groups -OCH3 is 1. The first-order valence-electron chi connectivity index (χ1n) is 10.9. The minimum Gasteiger partial charge on any atom is -0.495 e. The molecule has 9 heteroatoms. The number of hydrogen-bond acceptors (Lipinski definition) is 6. The number of carbonyl (C=O) groups is 1. The molecule has 0 N–H and O–H groups in total. The van der Waals surface area contributed by atoms with Gasteiger partial charge in [0.1, 0.15) is 5.75 Å². The van der Waals surface area contributed by atoms with Crippen molar-refractivity contribution in [3.8, 4) is 5.75 Å². The maximum absolute atomic E-state index is 13.2. The lowest BCUT2D eigenvalue weighted by molar-refractivity contribution is 0.0739. The summed E-state index contributed by atoms with van der Waals surface area (Å²) in [7, 11) is -1.34. The molecule has 0 bridgehead atoms. The van der Waals surface area contributed by atoms with E-state index in [-0.39, 0.29) is 23.5 Å². The van der Waals surface area contributed by atoms with Crippen molar-refractivity contribution < 1.29 is 17.9 Å². The molecule has 1 aromatic heterocycles. The topological polar surface area (TPSA) is 84.7 Å². The Morgan fingerprint density at radius 2 is 1.84 bits per heavy atom. The van der Waals surface area contributed by atoms with Gasteiger partial charge >= 0.3 is 0 Å². The van der Waals surface area contributed by atoms with Crippen LogP contribution < -0.4 is 9.64 Å². The van der Waals surface area contributed by atoms with Crippen molar-refractivity contribution in [1.29, 1.82) is 0 Å². The molecule has 0 spiro atoms. The molecule has 1 amide bonds. The molecule has 1 aromatic carbocycles. The fraction of sp³-hybridized carbons (Fsp3) is 0.545. The highest BCUT2D eigenvalue weighted by Gasteiger charge is 2.37. The summed E-state index contributed by atoms with van der Waals surface area (Å²) in [6.07, 6.45) is 2.74. The van der Waals surface area contributed by atoms with Crippen LogP contribution in [0.15, 0.2) is 30.3 Å². The standard InChI is InChI=1S/C22H28N4O4S/c1-30-21-5-3-2-4-19(21)24-9-11-25(12-10-24)22(27)18-14-20(16-6-7-16)26(23-18)17-8-13-31(28,29)15-17/h2-5,14,16-17H,6-13,15H2,1H3. The maximum atomic E-state index is 13.2. The minimum atomic E-state index is -3.01. The van der Waals surface area contributed by atoms with E-state index in [9.17, 15) is 13.2 Å². The molecule has 1 saturated carbocycles. The fourth-order valence-corrected chi connectivity index (χ4v) is 6.35. The quantitative estimate of drug-likeness (QED) is 0.702. The largest absolute Gasteiger partial charge is 0.495 e. The number of carbonyl (C=O) groups excluding carboxylic acids is 1. The van der Waals surface area contributed by atoms with Gasteiger partial charge < -0.3 is 14.5 Å². The van der Waals surface area contributed by atoms with E-state index in [0.717, 1.165) is 43.1 Å². The highest BCUT2D eigenvalue weighted by Crippen LogP contribution is 2.42. The molecule has 5 rings (SSSR count). The average Bonchev–Trinajstić information content (AvgIpc) is 3.43. The first-order chi connectivity index (χ1) is 14.9. The smallest absolute Gasteiger partial charge is 0.274 e. The number of piperazine rings is 1. The predicted octanol–water partition coefficient (Wildman–Crippen LogP) is 2.09. The van der Waals surface area contributed by atoms with Crippen LogP contribution in [-0.4, -0.2) is 73.8 Å². The Morgan fingerprint density at radius 1 is 1.10 bits per heavy atom. The van der Waals surface area contributed by atoms with Crippen molar-refractivity contribution in [1.82, 2.24) is 14.7 Å². The summed E-state index contributed by atoms with van der Waals surface area (Å²) in [4.78, 5) is 17.3. The Kier molecular flexibility index (Phi) is 5.16. The molecule has 1 atom stereocenters. The molecule has 0 radical (unpaired) electrons. The summed E-state index contributed by atoms with van der Waals surface area (Å²) in [5.41, 5.74) is 2.51. The second-order valence-electron chi connectivity index (χ2n) is 8.68. The van der Waals surface area contributed by atoms with Crippen LogP contribution >= 0.6 is 0 Å². The van der Waals surface area contributed by atoms with Gasteiger partial charge in [0.25, 0.3) is 5.91 Å². The highest BCUT2D eigenvalue weighted by atomic mass is 32.2. The SMILES string of the molecule is COc1ccccc1N1CCN(C(=O)c2cc(C3CC3)n(C3CCS(=O)(=O)C3)n2)CC1. The Balaban J connectivity index is 1.30. The Morgan fingerprint density at radius 3 is 2.48 bits per heavy atom. The van der Waals surface area contributed by atoms with E-state index in [1.807, 2.05) is 39.9 Å². The number of nitrogens with zero attached hydrogens (tertiary/aromatic N) is 4. The number of benzene rings is 1. The molecule has 3 aliphatic rings. The van der Waals surface area contributed by atoms with E-state index < -0.39 is 9.84 Å². The number of para-hydroxylation sites is 2. The molecule has 1 aliphatic carbocycles. The van der Waals surface area contributed by atoms with E-state index in [1.54, 1.807) is 7.11 Å². The van der Waals surface area contributed by atoms with Crippen molar-refractivity contribution >= 4 is 21.4 Å². The van der Waals surface area contributed by atoms with Crippen molar-refractivity contribution in [2.24, 2.45) is 0 Å². The zero-order chi connectivity index (χ0) is 21.6. The molecular formula is C22H28N4O4S. The summed E-state index contributed by atoms with van der Waals surface area (Å²) in [5, 5.41) is 4.63. The van der Waals surface area contributed by atoms with Crippen LogP contribution in [0.5, 0.6) is 5.75 Å². The zero-order valence-corrected chi connectivity index (χ0v) is 18.6. The van der Waals surface area contributed by atoms with Gasteiger partial charge in [-0.25, -0.2) is 8.42 Å². The van der Waals surface area contributed by atoms with E-state index in [4.69, 9.17) is 4.74 Å². The van der Waals surface area contributed by atoms with E-state index in [0.29, 0.717) is 31.1 Å². The lowest BCUT2D eigenvalue weighted by atomic mass is 10.2. The molecule has 3 fully saturated rings. The molecule has 8 nitrogen and oxygen atoms in total. The molecule has 166 valence electrons. The third-order valence-electron chi connectivity index (χ3n) is 6.53. The summed E-state index contributed by atoms with van der Waals surface area (Å²) < 4.78 is 31.2. The zero-order valence-electron chi connectivity index (χ0n) is 17.7. The van der Waals surface area contributed by atoms with Crippen LogP contribution in [-0.2, 0) is 9.84 Å². The van der Waals surface area contributed by atoms with E-state index in [2.05, 4.69) is 10.00 Å². The first kappa shape index (κ1) is 20.4. The van der Waals surface area contributed by atoms with Gasteiger partial charge in [0, 0.05) is 37.8 Å². The van der Waals surface area contributed by atoms with Crippen LogP contribution in [0, 0.1) is 0 Å². The van der Waals surface area contributed by atoms with Crippen molar-refractivity contribution in [2.75, 3.05) is 49.7 Å². The molecule has 31 heavy (non-hydrogen) atoms. The Labute approximate surface area is 182 Å². The van der Waals surface area contributed by atoms with Gasteiger partial charge in [0.05, 0.1) is 30.3 Å². The summed E-state index contributed by atoms with van der Waals surface area (Å²) in [5.74, 6) is 1.50. The summed E-state index contributed by atoms with van der Waals surface area (Å²) >= 11 is 0. The van der Waals surface area contributed by atoms with Gasteiger partial charge in [-0.05, 0) is 37.5 Å². The van der Waals surface area contributed by atoms with Crippen molar-refractivity contribution in [3.63, 3.8) is 0 Å². The minimum absolute atomic E-state index is 0.0684. The van der Waals surface area contributed by atoms with Gasteiger partial charge in [0.2, 0.25) is 0 Å². The van der Waals surface area contributed by atoms with Crippen molar-refractivity contribution in [3.05, 3.63) is 41.7 Å². The highest BCUT2D eigenvalue weighted by molar-refractivity contribution is 7.91. The second kappa shape index (κ2) is 7.85. The van der Waals surface area contributed by atoms with Crippen LogP contribution in [0.1, 0.15) is 47.4 Å². The molecule has 1 unspecified atom stereocenters. The number of ether oxygens (including phenoxy) is 1. The fourth-order valence-electron chi connectivity index (χ4n) is 4.66. The normalized spacial score (nSPS) is 23.2.